The van der Waals surface area contributed by atoms with Crippen molar-refractivity contribution in [1.29, 1.82) is 0 Å². The molecule has 0 atom stereocenters. The second kappa shape index (κ2) is 5.21. The second-order valence-electron chi connectivity index (χ2n) is 6.58. The fourth-order valence-corrected chi connectivity index (χ4v) is 2.28. The van der Waals surface area contributed by atoms with Crippen molar-refractivity contribution in [2.45, 2.75) is 52.2 Å². The first-order valence-corrected chi connectivity index (χ1v) is 7.61. The van der Waals surface area contributed by atoms with E-state index in [2.05, 4.69) is 10.1 Å². The van der Waals surface area contributed by atoms with Crippen LogP contribution in [0.15, 0.2) is 28.8 Å². The molecule has 1 fully saturated rings. The Labute approximate surface area is 131 Å². The molecule has 0 unspecified atom stereocenters. The first-order valence-electron chi connectivity index (χ1n) is 7.61. The van der Waals surface area contributed by atoms with E-state index in [-0.39, 0.29) is 18.3 Å². The fraction of sp³-hybridized carbons (Fsp3) is 0.500. The summed E-state index contributed by atoms with van der Waals surface area (Å²) in [7, 11) is -0.351. The highest BCUT2D eigenvalue weighted by atomic mass is 16.7. The van der Waals surface area contributed by atoms with Crippen molar-refractivity contribution in [1.82, 2.24) is 10.1 Å². The highest BCUT2D eigenvalue weighted by Gasteiger charge is 2.51. The summed E-state index contributed by atoms with van der Waals surface area (Å²) in [5, 5.41) is 3.98. The van der Waals surface area contributed by atoms with Gasteiger partial charge in [-0.3, -0.25) is 0 Å². The predicted molar refractivity (Wildman–Crippen MR) is 84.8 cm³/mol. The van der Waals surface area contributed by atoms with Crippen molar-refractivity contribution in [2.24, 2.45) is 0 Å². The van der Waals surface area contributed by atoms with Crippen molar-refractivity contribution in [2.75, 3.05) is 0 Å². The summed E-state index contributed by atoms with van der Waals surface area (Å²) >= 11 is 0. The lowest BCUT2D eigenvalue weighted by Gasteiger charge is -2.32. The highest BCUT2D eigenvalue weighted by Crippen LogP contribution is 2.36. The van der Waals surface area contributed by atoms with Gasteiger partial charge >= 0.3 is 7.12 Å². The van der Waals surface area contributed by atoms with E-state index in [1.54, 1.807) is 0 Å². The molecule has 1 aromatic heterocycles. The van der Waals surface area contributed by atoms with E-state index in [1.807, 2.05) is 58.9 Å². The number of aryl methyl sites for hydroxylation is 1. The molecule has 1 aliphatic heterocycles. The van der Waals surface area contributed by atoms with Crippen LogP contribution < -0.4 is 5.46 Å². The lowest BCUT2D eigenvalue weighted by atomic mass is 9.79. The van der Waals surface area contributed by atoms with Crippen molar-refractivity contribution < 1.29 is 13.8 Å². The molecular weight excluding hydrogens is 279 g/mol. The van der Waals surface area contributed by atoms with Crippen LogP contribution in [0.2, 0.25) is 0 Å². The van der Waals surface area contributed by atoms with Gasteiger partial charge in [-0.25, -0.2) is 0 Å². The van der Waals surface area contributed by atoms with E-state index < -0.39 is 0 Å². The summed E-state index contributed by atoms with van der Waals surface area (Å²) in [4.78, 5) is 4.33. The molecule has 0 amide bonds. The Morgan fingerprint density at radius 3 is 2.09 bits per heavy atom. The quantitative estimate of drug-likeness (QED) is 0.815. The Morgan fingerprint density at radius 2 is 1.59 bits per heavy atom. The van der Waals surface area contributed by atoms with Crippen molar-refractivity contribution in [3.63, 3.8) is 0 Å². The molecule has 0 saturated carbocycles. The van der Waals surface area contributed by atoms with Gasteiger partial charge in [0.2, 0.25) is 11.7 Å². The number of aromatic nitrogens is 2. The topological polar surface area (TPSA) is 57.4 Å². The van der Waals surface area contributed by atoms with Crippen LogP contribution in [0.4, 0.5) is 0 Å². The molecule has 6 heteroatoms. The van der Waals surface area contributed by atoms with Gasteiger partial charge in [0.15, 0.2) is 0 Å². The van der Waals surface area contributed by atoms with Crippen LogP contribution >= 0.6 is 0 Å². The molecule has 1 aliphatic rings. The minimum Gasteiger partial charge on any atom is -0.399 e. The van der Waals surface area contributed by atoms with Crippen LogP contribution in [0.5, 0.6) is 0 Å². The number of nitrogens with zero attached hydrogens (tertiary/aromatic N) is 2. The molecule has 0 spiro atoms. The average molecular weight is 300 g/mol. The van der Waals surface area contributed by atoms with Gasteiger partial charge in [-0.15, -0.1) is 0 Å². The van der Waals surface area contributed by atoms with Gasteiger partial charge in [0, 0.05) is 12.0 Å². The summed E-state index contributed by atoms with van der Waals surface area (Å²) in [5.74, 6) is 1.25. The van der Waals surface area contributed by atoms with Crippen LogP contribution in [-0.2, 0) is 15.7 Å². The van der Waals surface area contributed by atoms with E-state index in [9.17, 15) is 0 Å². The van der Waals surface area contributed by atoms with Gasteiger partial charge in [-0.05, 0) is 33.2 Å². The SMILES string of the molecule is CCc1nc(-c2ccc(B3OC(C)(C)C(C)(C)O3)cc2)no1. The largest absolute Gasteiger partial charge is 0.494 e. The zero-order valence-corrected chi connectivity index (χ0v) is 13.7. The van der Waals surface area contributed by atoms with Crippen LogP contribution in [0.3, 0.4) is 0 Å². The zero-order chi connectivity index (χ0) is 16.0. The van der Waals surface area contributed by atoms with Crippen molar-refractivity contribution >= 4 is 12.6 Å². The Kier molecular flexibility index (Phi) is 3.61. The fourth-order valence-electron chi connectivity index (χ4n) is 2.28. The minimum atomic E-state index is -0.351. The Morgan fingerprint density at radius 1 is 1.00 bits per heavy atom. The highest BCUT2D eigenvalue weighted by molar-refractivity contribution is 6.62. The second-order valence-corrected chi connectivity index (χ2v) is 6.58. The number of hydrogen-bond acceptors (Lipinski definition) is 5. The van der Waals surface area contributed by atoms with E-state index in [0.29, 0.717) is 11.7 Å². The molecule has 2 heterocycles. The standard InChI is InChI=1S/C16H21BN2O3/c1-6-13-18-14(19-20-13)11-7-9-12(10-8-11)17-21-15(2,3)16(4,5)22-17/h7-10H,6H2,1-5H3. The van der Waals surface area contributed by atoms with Gasteiger partial charge in [-0.2, -0.15) is 4.98 Å². The molecule has 3 rings (SSSR count). The van der Waals surface area contributed by atoms with Crippen molar-refractivity contribution in [3.05, 3.63) is 30.2 Å². The summed E-state index contributed by atoms with van der Waals surface area (Å²) in [5.41, 5.74) is 1.24. The molecule has 0 N–H and O–H groups in total. The summed E-state index contributed by atoms with van der Waals surface area (Å²) in [6.45, 7) is 10.2. The van der Waals surface area contributed by atoms with Crippen molar-refractivity contribution in [3.8, 4) is 11.4 Å². The van der Waals surface area contributed by atoms with E-state index in [4.69, 9.17) is 13.8 Å². The third-order valence-corrected chi connectivity index (χ3v) is 4.46. The Balaban J connectivity index is 1.81. The molecule has 1 aromatic carbocycles. The summed E-state index contributed by atoms with van der Waals surface area (Å²) in [6, 6.07) is 7.90. The molecule has 22 heavy (non-hydrogen) atoms. The summed E-state index contributed by atoms with van der Waals surface area (Å²) in [6.07, 6.45) is 0.735. The van der Waals surface area contributed by atoms with Crippen LogP contribution in [0.1, 0.15) is 40.5 Å². The number of rotatable bonds is 3. The molecule has 116 valence electrons. The van der Waals surface area contributed by atoms with Crippen LogP contribution in [0, 0.1) is 0 Å². The molecule has 2 aromatic rings. The van der Waals surface area contributed by atoms with Gasteiger partial charge in [-0.1, -0.05) is 36.3 Å². The maximum absolute atomic E-state index is 6.05. The predicted octanol–water partition coefficient (Wildman–Crippen LogP) is 2.60. The van der Waals surface area contributed by atoms with E-state index >= 15 is 0 Å². The molecule has 5 nitrogen and oxygen atoms in total. The third kappa shape index (κ3) is 2.57. The maximum Gasteiger partial charge on any atom is 0.494 e. The summed E-state index contributed by atoms with van der Waals surface area (Å²) < 4.78 is 17.2. The van der Waals surface area contributed by atoms with Gasteiger partial charge < -0.3 is 13.8 Å². The molecule has 0 radical (unpaired) electrons. The monoisotopic (exact) mass is 300 g/mol. The lowest BCUT2D eigenvalue weighted by molar-refractivity contribution is 0.00578. The number of hydrogen-bond donors (Lipinski definition) is 0. The molecule has 1 saturated heterocycles. The van der Waals surface area contributed by atoms with Gasteiger partial charge in [0.05, 0.1) is 11.2 Å². The normalized spacial score (nSPS) is 19.6. The van der Waals surface area contributed by atoms with E-state index in [1.165, 1.54) is 0 Å². The molecular formula is C16H21BN2O3. The van der Waals surface area contributed by atoms with E-state index in [0.717, 1.165) is 17.4 Å². The maximum atomic E-state index is 6.05. The minimum absolute atomic E-state index is 0.333. The van der Waals surface area contributed by atoms with Gasteiger partial charge in [0.25, 0.3) is 0 Å². The van der Waals surface area contributed by atoms with Gasteiger partial charge in [0.1, 0.15) is 0 Å². The molecule has 0 bridgehead atoms. The average Bonchev–Trinajstić information content (AvgIpc) is 3.02. The molecule has 0 aliphatic carbocycles. The Hall–Kier alpha value is -1.66. The Bertz CT molecular complexity index is 648. The number of benzene rings is 1. The lowest BCUT2D eigenvalue weighted by Crippen LogP contribution is -2.41. The first-order chi connectivity index (χ1) is 10.3. The first kappa shape index (κ1) is 15.2. The zero-order valence-electron chi connectivity index (χ0n) is 13.7. The smallest absolute Gasteiger partial charge is 0.399 e. The van der Waals surface area contributed by atoms with Crippen LogP contribution in [0.25, 0.3) is 11.4 Å². The third-order valence-electron chi connectivity index (χ3n) is 4.46. The van der Waals surface area contributed by atoms with Crippen LogP contribution in [-0.4, -0.2) is 28.5 Å².